The molecule has 0 bridgehead atoms. The van der Waals surface area contributed by atoms with E-state index in [9.17, 15) is 0 Å². The second kappa shape index (κ2) is 12.6. The first kappa shape index (κ1) is 18.6. The number of hydrogen-bond acceptors (Lipinski definition) is 5. The molecule has 0 aliphatic carbocycles. The summed E-state index contributed by atoms with van der Waals surface area (Å²) in [5.74, 6) is 0.787. The first-order valence-electron chi connectivity index (χ1n) is 6.82. The minimum atomic E-state index is -2.61. The Morgan fingerprint density at radius 2 is 1.11 bits per heavy atom. The lowest BCUT2D eigenvalue weighted by molar-refractivity contribution is 0.0526. The highest BCUT2D eigenvalue weighted by molar-refractivity contribution is 7.80. The lowest BCUT2D eigenvalue weighted by atomic mass is 10.5. The Morgan fingerprint density at radius 1 is 0.722 bits per heavy atom. The molecule has 0 aromatic rings. The van der Waals surface area contributed by atoms with E-state index in [0.29, 0.717) is 26.4 Å². The van der Waals surface area contributed by atoms with Crippen LogP contribution in [0.4, 0.5) is 0 Å². The van der Waals surface area contributed by atoms with Crippen LogP contribution in [0, 0.1) is 0 Å². The van der Waals surface area contributed by atoms with Crippen molar-refractivity contribution in [3.8, 4) is 0 Å². The third-order valence-electron chi connectivity index (χ3n) is 1.91. The highest BCUT2D eigenvalue weighted by Crippen LogP contribution is 2.63. The zero-order valence-corrected chi connectivity index (χ0v) is 13.7. The van der Waals surface area contributed by atoms with Gasteiger partial charge in [-0.15, -0.1) is 0 Å². The topological polar surface area (TPSA) is 36.9 Å². The van der Waals surface area contributed by atoms with Crippen molar-refractivity contribution in [2.24, 2.45) is 0 Å². The quantitative estimate of drug-likeness (QED) is 0.313. The SMILES string of the molecule is CCCO[P+](OCCC)(OCCC)OCCCS. The number of hydrogen-bond donors (Lipinski definition) is 1. The molecule has 6 heteroatoms. The van der Waals surface area contributed by atoms with Crippen LogP contribution in [0.25, 0.3) is 0 Å². The Kier molecular flexibility index (Phi) is 13.1. The molecular weight excluding hydrogens is 271 g/mol. The molecule has 0 aliphatic heterocycles. The van der Waals surface area contributed by atoms with Crippen molar-refractivity contribution in [3.63, 3.8) is 0 Å². The molecule has 18 heavy (non-hydrogen) atoms. The zero-order valence-electron chi connectivity index (χ0n) is 11.9. The number of thiol groups is 1. The molecule has 0 N–H and O–H groups in total. The summed E-state index contributed by atoms with van der Waals surface area (Å²) < 4.78 is 23.0. The predicted molar refractivity (Wildman–Crippen MR) is 80.1 cm³/mol. The van der Waals surface area contributed by atoms with Crippen molar-refractivity contribution >= 4 is 20.8 Å². The fourth-order valence-corrected chi connectivity index (χ4v) is 3.22. The zero-order chi connectivity index (χ0) is 13.7. The van der Waals surface area contributed by atoms with E-state index in [1.54, 1.807) is 0 Å². The lowest BCUT2D eigenvalue weighted by Gasteiger charge is -2.19. The normalized spacial score (nSPS) is 12.0. The van der Waals surface area contributed by atoms with Gasteiger partial charge in [0.2, 0.25) is 0 Å². The van der Waals surface area contributed by atoms with Gasteiger partial charge in [-0.25, -0.2) is 0 Å². The molecule has 110 valence electrons. The lowest BCUT2D eigenvalue weighted by Crippen LogP contribution is -2.13. The fourth-order valence-electron chi connectivity index (χ4n) is 1.07. The maximum atomic E-state index is 5.77. The summed E-state index contributed by atoms with van der Waals surface area (Å²) in [4.78, 5) is 0. The van der Waals surface area contributed by atoms with Gasteiger partial charge in [-0.05, 0) is 31.4 Å². The summed E-state index contributed by atoms with van der Waals surface area (Å²) in [6.45, 7) is 8.53. The summed E-state index contributed by atoms with van der Waals surface area (Å²) in [6.07, 6.45) is 3.62. The van der Waals surface area contributed by atoms with Gasteiger partial charge in [0.25, 0.3) is 0 Å². The van der Waals surface area contributed by atoms with Gasteiger partial charge in [0, 0.05) is 0 Å². The van der Waals surface area contributed by atoms with Crippen molar-refractivity contribution in [1.82, 2.24) is 0 Å². The number of rotatable bonds is 13. The van der Waals surface area contributed by atoms with Gasteiger partial charge in [-0.3, -0.25) is 0 Å². The summed E-state index contributed by atoms with van der Waals surface area (Å²) in [5, 5.41) is 0. The van der Waals surface area contributed by atoms with E-state index in [4.69, 9.17) is 18.1 Å². The monoisotopic (exact) mass is 299 g/mol. The highest BCUT2D eigenvalue weighted by Gasteiger charge is 2.48. The van der Waals surface area contributed by atoms with E-state index in [2.05, 4.69) is 33.4 Å². The molecule has 0 amide bonds. The van der Waals surface area contributed by atoms with E-state index in [0.717, 1.165) is 31.4 Å². The van der Waals surface area contributed by atoms with Crippen molar-refractivity contribution in [2.45, 2.75) is 46.5 Å². The van der Waals surface area contributed by atoms with Crippen molar-refractivity contribution in [2.75, 3.05) is 32.2 Å². The highest BCUT2D eigenvalue weighted by atomic mass is 32.1. The van der Waals surface area contributed by atoms with Gasteiger partial charge >= 0.3 is 8.17 Å². The van der Waals surface area contributed by atoms with Crippen LogP contribution in [-0.2, 0) is 18.1 Å². The Hall–Kier alpha value is 0.620. The molecule has 0 saturated heterocycles. The molecule has 4 nitrogen and oxygen atoms in total. The maximum Gasteiger partial charge on any atom is 0.575 e. The second-order valence-corrected chi connectivity index (χ2v) is 6.23. The third-order valence-corrected chi connectivity index (χ3v) is 4.22. The van der Waals surface area contributed by atoms with Crippen LogP contribution in [0.5, 0.6) is 0 Å². The standard InChI is InChI=1S/C12H27O4PS/c1-4-8-13-17(14-9-5-2,15-10-6-3)16-11-7-12-18/h4-12H2,1-3H3/p+1. The predicted octanol–water partition coefficient (Wildman–Crippen LogP) is 4.28. The smallest absolute Gasteiger partial charge is 0.179 e. The van der Waals surface area contributed by atoms with E-state index >= 15 is 0 Å². The summed E-state index contributed by atoms with van der Waals surface area (Å²) in [7, 11) is -2.61. The maximum absolute atomic E-state index is 5.77. The van der Waals surface area contributed by atoms with E-state index in [1.165, 1.54) is 0 Å². The Labute approximate surface area is 118 Å². The van der Waals surface area contributed by atoms with E-state index in [-0.39, 0.29) is 0 Å². The van der Waals surface area contributed by atoms with Gasteiger partial charge in [0.15, 0.2) is 0 Å². The minimum absolute atomic E-state index is 0.564. The van der Waals surface area contributed by atoms with Crippen LogP contribution in [0.3, 0.4) is 0 Å². The Balaban J connectivity index is 4.41. The molecule has 0 aromatic heterocycles. The Bertz CT molecular complexity index is 162. The molecule has 0 aromatic carbocycles. The molecule has 0 spiro atoms. The van der Waals surface area contributed by atoms with Gasteiger partial charge < -0.3 is 0 Å². The minimum Gasteiger partial charge on any atom is -0.179 e. The third kappa shape index (κ3) is 8.68. The molecule has 0 atom stereocenters. The van der Waals surface area contributed by atoms with Crippen molar-refractivity contribution in [3.05, 3.63) is 0 Å². The molecule has 0 fully saturated rings. The second-order valence-electron chi connectivity index (χ2n) is 3.86. The van der Waals surface area contributed by atoms with E-state index in [1.807, 2.05) is 0 Å². The molecular formula is C12H28O4PS+. The van der Waals surface area contributed by atoms with Gasteiger partial charge in [0.1, 0.15) is 6.61 Å². The summed E-state index contributed by atoms with van der Waals surface area (Å²) >= 11 is 4.17. The molecule has 0 rings (SSSR count). The molecule has 0 heterocycles. The van der Waals surface area contributed by atoms with Crippen LogP contribution in [0.2, 0.25) is 0 Å². The van der Waals surface area contributed by atoms with E-state index < -0.39 is 8.17 Å². The van der Waals surface area contributed by atoms with Crippen LogP contribution < -0.4 is 0 Å². The van der Waals surface area contributed by atoms with Gasteiger partial charge in [-0.1, -0.05) is 20.8 Å². The van der Waals surface area contributed by atoms with Crippen LogP contribution in [0.15, 0.2) is 0 Å². The average Bonchev–Trinajstić information content (AvgIpc) is 2.40. The van der Waals surface area contributed by atoms with Crippen molar-refractivity contribution in [1.29, 1.82) is 0 Å². The summed E-state index contributed by atoms with van der Waals surface area (Å²) in [6, 6.07) is 0. The van der Waals surface area contributed by atoms with Crippen LogP contribution >= 0.6 is 20.8 Å². The van der Waals surface area contributed by atoms with Gasteiger partial charge in [-0.2, -0.15) is 30.7 Å². The first-order chi connectivity index (χ1) is 8.74. The molecule has 0 radical (unpaired) electrons. The largest absolute Gasteiger partial charge is 0.575 e. The Morgan fingerprint density at radius 3 is 1.44 bits per heavy atom. The first-order valence-corrected chi connectivity index (χ1v) is 8.92. The van der Waals surface area contributed by atoms with Gasteiger partial charge in [0.05, 0.1) is 19.8 Å². The fraction of sp³-hybridized carbons (Fsp3) is 1.00. The van der Waals surface area contributed by atoms with Crippen LogP contribution in [0.1, 0.15) is 46.5 Å². The average molecular weight is 299 g/mol. The van der Waals surface area contributed by atoms with Crippen LogP contribution in [-0.4, -0.2) is 32.2 Å². The molecule has 0 unspecified atom stereocenters. The van der Waals surface area contributed by atoms with Crippen molar-refractivity contribution < 1.29 is 18.1 Å². The summed E-state index contributed by atoms with van der Waals surface area (Å²) in [5.41, 5.74) is 0. The molecule has 0 saturated carbocycles. The molecule has 0 aliphatic rings.